The topological polar surface area (TPSA) is 83.7 Å². The summed E-state index contributed by atoms with van der Waals surface area (Å²) in [5, 5.41) is 1.90. The van der Waals surface area contributed by atoms with Gasteiger partial charge < -0.3 is 10.6 Å². The van der Waals surface area contributed by atoms with Gasteiger partial charge in [-0.25, -0.2) is 8.42 Å². The molecule has 2 unspecified atom stereocenters. The second-order valence-corrected chi connectivity index (χ2v) is 8.82. The van der Waals surface area contributed by atoms with Crippen molar-refractivity contribution in [1.82, 2.24) is 9.21 Å². The summed E-state index contributed by atoms with van der Waals surface area (Å²) < 4.78 is 27.4. The summed E-state index contributed by atoms with van der Waals surface area (Å²) in [7, 11) is -3.57. The number of hydrogen-bond acceptors (Lipinski definition) is 4. The maximum atomic E-state index is 13.0. The Morgan fingerprint density at radius 3 is 2.23 bits per heavy atom. The first-order chi connectivity index (χ1) is 12.3. The lowest BCUT2D eigenvalue weighted by atomic mass is 10.0. The van der Waals surface area contributed by atoms with Crippen LogP contribution in [0, 0.1) is 5.92 Å². The number of hydrogen-bond donors (Lipinski definition) is 1. The van der Waals surface area contributed by atoms with E-state index in [0.717, 1.165) is 10.8 Å². The van der Waals surface area contributed by atoms with Gasteiger partial charge in [-0.05, 0) is 29.8 Å². The zero-order chi connectivity index (χ0) is 18.9. The fourth-order valence-electron chi connectivity index (χ4n) is 3.14. The second kappa shape index (κ2) is 7.34. The molecule has 2 aromatic rings. The van der Waals surface area contributed by atoms with Crippen molar-refractivity contribution in [2.45, 2.75) is 24.8 Å². The van der Waals surface area contributed by atoms with Crippen molar-refractivity contribution in [3.05, 3.63) is 42.5 Å². The minimum atomic E-state index is -3.57. The lowest BCUT2D eigenvalue weighted by Gasteiger charge is -2.35. The van der Waals surface area contributed by atoms with E-state index in [4.69, 9.17) is 5.73 Å². The Bertz CT molecular complexity index is 903. The molecule has 7 heteroatoms. The summed E-state index contributed by atoms with van der Waals surface area (Å²) in [4.78, 5) is 14.4. The van der Waals surface area contributed by atoms with Gasteiger partial charge in [-0.15, -0.1) is 0 Å². The summed E-state index contributed by atoms with van der Waals surface area (Å²) >= 11 is 0. The van der Waals surface area contributed by atoms with Crippen LogP contribution in [0.1, 0.15) is 13.8 Å². The van der Waals surface area contributed by atoms with Crippen molar-refractivity contribution in [1.29, 1.82) is 0 Å². The van der Waals surface area contributed by atoms with Crippen LogP contribution in [-0.4, -0.2) is 55.8 Å². The fraction of sp³-hybridized carbons (Fsp3) is 0.421. The van der Waals surface area contributed by atoms with E-state index in [9.17, 15) is 13.2 Å². The molecular weight excluding hydrogens is 350 g/mol. The average molecular weight is 375 g/mol. The van der Waals surface area contributed by atoms with Gasteiger partial charge in [-0.2, -0.15) is 4.31 Å². The minimum absolute atomic E-state index is 0.0113. The van der Waals surface area contributed by atoms with E-state index < -0.39 is 10.0 Å². The molecule has 0 saturated carbocycles. The minimum Gasteiger partial charge on any atom is -0.340 e. The first-order valence-corrected chi connectivity index (χ1v) is 10.3. The summed E-state index contributed by atoms with van der Waals surface area (Å²) in [5.74, 6) is -0.276. The summed E-state index contributed by atoms with van der Waals surface area (Å²) in [6.07, 6.45) is 0. The summed E-state index contributed by atoms with van der Waals surface area (Å²) in [6.45, 7) is 5.00. The van der Waals surface area contributed by atoms with Crippen molar-refractivity contribution in [2.24, 2.45) is 11.7 Å². The summed E-state index contributed by atoms with van der Waals surface area (Å²) in [5.41, 5.74) is 5.81. The number of rotatable bonds is 4. The van der Waals surface area contributed by atoms with Gasteiger partial charge in [0.1, 0.15) is 0 Å². The number of nitrogens with two attached hydrogens (primary N) is 1. The average Bonchev–Trinajstić information content (AvgIpc) is 2.66. The zero-order valence-electron chi connectivity index (χ0n) is 15.1. The van der Waals surface area contributed by atoms with Gasteiger partial charge in [0, 0.05) is 32.2 Å². The van der Waals surface area contributed by atoms with E-state index in [2.05, 4.69) is 0 Å². The lowest BCUT2D eigenvalue weighted by Crippen LogP contribution is -2.53. The molecule has 2 aromatic carbocycles. The smallest absolute Gasteiger partial charge is 0.243 e. The first kappa shape index (κ1) is 18.8. The summed E-state index contributed by atoms with van der Waals surface area (Å²) in [6, 6.07) is 12.6. The second-order valence-electron chi connectivity index (χ2n) is 6.89. The quantitative estimate of drug-likeness (QED) is 0.881. The van der Waals surface area contributed by atoms with E-state index in [1.54, 1.807) is 17.0 Å². The highest BCUT2D eigenvalue weighted by Gasteiger charge is 2.32. The maximum Gasteiger partial charge on any atom is 0.243 e. The van der Waals surface area contributed by atoms with Crippen molar-refractivity contribution in [3.63, 3.8) is 0 Å². The van der Waals surface area contributed by atoms with Gasteiger partial charge in [0.05, 0.1) is 10.8 Å². The molecule has 1 aliphatic heterocycles. The van der Waals surface area contributed by atoms with Gasteiger partial charge in [-0.1, -0.05) is 37.3 Å². The van der Waals surface area contributed by atoms with Gasteiger partial charge in [0.15, 0.2) is 0 Å². The molecule has 1 aliphatic rings. The SMILES string of the molecule is CC(N)C(C)C(=O)N1CCN(S(=O)(=O)c2ccc3ccccc3c2)CC1. The van der Waals surface area contributed by atoms with Crippen LogP contribution in [-0.2, 0) is 14.8 Å². The Labute approximate surface area is 154 Å². The predicted molar refractivity (Wildman–Crippen MR) is 102 cm³/mol. The number of nitrogens with zero attached hydrogens (tertiary/aromatic N) is 2. The Morgan fingerprint density at radius 2 is 1.62 bits per heavy atom. The van der Waals surface area contributed by atoms with Crippen LogP contribution in [0.25, 0.3) is 10.8 Å². The van der Waals surface area contributed by atoms with E-state index in [1.165, 1.54) is 4.31 Å². The van der Waals surface area contributed by atoms with Crippen LogP contribution in [0.3, 0.4) is 0 Å². The van der Waals surface area contributed by atoms with Crippen LogP contribution in [0.5, 0.6) is 0 Å². The van der Waals surface area contributed by atoms with E-state index >= 15 is 0 Å². The Morgan fingerprint density at radius 1 is 1.00 bits per heavy atom. The van der Waals surface area contributed by atoms with Crippen LogP contribution in [0.2, 0.25) is 0 Å². The van der Waals surface area contributed by atoms with Crippen LogP contribution in [0.15, 0.2) is 47.4 Å². The maximum absolute atomic E-state index is 13.0. The molecule has 0 aliphatic carbocycles. The van der Waals surface area contributed by atoms with Crippen LogP contribution < -0.4 is 5.73 Å². The van der Waals surface area contributed by atoms with Crippen molar-refractivity contribution in [3.8, 4) is 0 Å². The Hall–Kier alpha value is -1.96. The molecule has 140 valence electrons. The van der Waals surface area contributed by atoms with E-state index in [-0.39, 0.29) is 17.9 Å². The normalized spacial score (nSPS) is 18.7. The monoisotopic (exact) mass is 375 g/mol. The molecule has 0 radical (unpaired) electrons. The predicted octanol–water partition coefficient (Wildman–Crippen LogP) is 1.66. The number of amides is 1. The molecule has 3 rings (SSSR count). The molecule has 2 N–H and O–H groups in total. The van der Waals surface area contributed by atoms with Gasteiger partial charge in [0.2, 0.25) is 15.9 Å². The van der Waals surface area contributed by atoms with Crippen LogP contribution in [0.4, 0.5) is 0 Å². The molecule has 0 bridgehead atoms. The highest BCUT2D eigenvalue weighted by atomic mass is 32.2. The number of fused-ring (bicyclic) bond motifs is 1. The number of sulfonamides is 1. The standard InChI is InChI=1S/C19H25N3O3S/c1-14(15(2)20)19(23)21-9-11-22(12-10-21)26(24,25)18-8-7-16-5-3-4-6-17(16)13-18/h3-8,13-15H,9-12,20H2,1-2H3. The molecule has 1 heterocycles. The van der Waals surface area contributed by atoms with Crippen molar-refractivity contribution >= 4 is 26.7 Å². The van der Waals surface area contributed by atoms with Gasteiger partial charge in [0.25, 0.3) is 0 Å². The molecule has 26 heavy (non-hydrogen) atoms. The Kier molecular flexibility index (Phi) is 5.32. The molecule has 1 fully saturated rings. The number of carbonyl (C=O) groups is 1. The third-order valence-electron chi connectivity index (χ3n) is 5.09. The Balaban J connectivity index is 1.74. The third-order valence-corrected chi connectivity index (χ3v) is 6.98. The van der Waals surface area contributed by atoms with Gasteiger partial charge >= 0.3 is 0 Å². The van der Waals surface area contributed by atoms with Gasteiger partial charge in [-0.3, -0.25) is 4.79 Å². The largest absolute Gasteiger partial charge is 0.340 e. The molecule has 0 aromatic heterocycles. The molecule has 0 spiro atoms. The fourth-order valence-corrected chi connectivity index (χ4v) is 4.60. The van der Waals surface area contributed by atoms with Crippen molar-refractivity contribution < 1.29 is 13.2 Å². The van der Waals surface area contributed by atoms with Crippen molar-refractivity contribution in [2.75, 3.05) is 26.2 Å². The number of carbonyl (C=O) groups excluding carboxylic acids is 1. The molecule has 1 saturated heterocycles. The molecule has 1 amide bonds. The number of benzene rings is 2. The van der Waals surface area contributed by atoms with E-state index in [1.807, 2.05) is 44.2 Å². The van der Waals surface area contributed by atoms with E-state index in [0.29, 0.717) is 31.1 Å². The first-order valence-electron chi connectivity index (χ1n) is 8.84. The lowest BCUT2D eigenvalue weighted by molar-refractivity contribution is -0.136. The molecule has 2 atom stereocenters. The third kappa shape index (κ3) is 3.60. The number of piperazine rings is 1. The highest BCUT2D eigenvalue weighted by molar-refractivity contribution is 7.89. The van der Waals surface area contributed by atoms with Crippen LogP contribution >= 0.6 is 0 Å². The highest BCUT2D eigenvalue weighted by Crippen LogP contribution is 2.23. The molecular formula is C19H25N3O3S. The molecule has 6 nitrogen and oxygen atoms in total. The zero-order valence-corrected chi connectivity index (χ0v) is 15.9.